The molecule has 2 aromatic rings. The SMILES string of the molecule is CCc1nc(Nc2ccc(S(=O)(=O)NC(C)=O)cc2)sc1C(=O)O. The third kappa shape index (κ3) is 4.09. The van der Waals surface area contributed by atoms with Crippen LogP contribution in [0.15, 0.2) is 29.2 Å². The molecule has 0 spiro atoms. The third-order valence-corrected chi connectivity index (χ3v) is 5.37. The first-order valence-electron chi connectivity index (χ1n) is 6.86. The topological polar surface area (TPSA) is 125 Å². The van der Waals surface area contributed by atoms with Crippen LogP contribution in [0.3, 0.4) is 0 Å². The highest BCUT2D eigenvalue weighted by Gasteiger charge is 2.17. The van der Waals surface area contributed by atoms with Gasteiger partial charge in [0.25, 0.3) is 10.0 Å². The summed E-state index contributed by atoms with van der Waals surface area (Å²) in [7, 11) is -3.88. The van der Waals surface area contributed by atoms with Crippen molar-refractivity contribution in [3.05, 3.63) is 34.8 Å². The Morgan fingerprint density at radius 1 is 1.25 bits per heavy atom. The smallest absolute Gasteiger partial charge is 0.347 e. The molecule has 1 aromatic carbocycles. The Hall–Kier alpha value is -2.46. The van der Waals surface area contributed by atoms with Crippen LogP contribution < -0.4 is 10.0 Å². The van der Waals surface area contributed by atoms with Gasteiger partial charge in [0.1, 0.15) is 4.88 Å². The molecule has 0 radical (unpaired) electrons. The number of aromatic nitrogens is 1. The number of rotatable bonds is 6. The van der Waals surface area contributed by atoms with Gasteiger partial charge in [0.15, 0.2) is 5.13 Å². The van der Waals surface area contributed by atoms with E-state index in [1.165, 1.54) is 24.3 Å². The fourth-order valence-corrected chi connectivity index (χ4v) is 3.80. The predicted octanol–water partition coefficient (Wildman–Crippen LogP) is 1.97. The molecule has 0 saturated heterocycles. The van der Waals surface area contributed by atoms with E-state index in [-0.39, 0.29) is 9.77 Å². The number of aryl methyl sites for hydroxylation is 1. The molecule has 2 rings (SSSR count). The molecule has 8 nitrogen and oxygen atoms in total. The minimum absolute atomic E-state index is 0.0529. The number of carbonyl (C=O) groups is 2. The summed E-state index contributed by atoms with van der Waals surface area (Å²) in [6, 6.07) is 5.67. The van der Waals surface area contributed by atoms with Crippen LogP contribution in [0.2, 0.25) is 0 Å². The van der Waals surface area contributed by atoms with Crippen LogP contribution in [-0.2, 0) is 21.2 Å². The first-order valence-corrected chi connectivity index (χ1v) is 9.16. The van der Waals surface area contributed by atoms with Gasteiger partial charge in [0.05, 0.1) is 10.6 Å². The maximum absolute atomic E-state index is 11.8. The molecular weight excluding hydrogens is 354 g/mol. The summed E-state index contributed by atoms with van der Waals surface area (Å²) in [6.45, 7) is 2.92. The van der Waals surface area contributed by atoms with Gasteiger partial charge in [-0.15, -0.1) is 0 Å². The van der Waals surface area contributed by atoms with Crippen LogP contribution in [0.1, 0.15) is 29.2 Å². The van der Waals surface area contributed by atoms with Crippen molar-refractivity contribution < 1.29 is 23.1 Å². The van der Waals surface area contributed by atoms with E-state index in [1.807, 2.05) is 11.6 Å². The van der Waals surface area contributed by atoms with Gasteiger partial charge in [-0.2, -0.15) is 0 Å². The lowest BCUT2D eigenvalue weighted by Crippen LogP contribution is -2.28. The molecule has 0 aliphatic carbocycles. The monoisotopic (exact) mass is 369 g/mol. The third-order valence-electron chi connectivity index (χ3n) is 2.92. The first kappa shape index (κ1) is 17.9. The van der Waals surface area contributed by atoms with Crippen molar-refractivity contribution in [3.63, 3.8) is 0 Å². The Kier molecular flexibility index (Phi) is 5.20. The number of nitrogens with zero attached hydrogens (tertiary/aromatic N) is 1. The number of amides is 1. The van der Waals surface area contributed by atoms with Gasteiger partial charge in [-0.3, -0.25) is 4.79 Å². The number of benzene rings is 1. The van der Waals surface area contributed by atoms with Crippen molar-refractivity contribution >= 4 is 44.1 Å². The summed E-state index contributed by atoms with van der Waals surface area (Å²) < 4.78 is 25.6. The molecule has 1 aromatic heterocycles. The van der Waals surface area contributed by atoms with Crippen LogP contribution >= 0.6 is 11.3 Å². The molecule has 10 heteroatoms. The lowest BCUT2D eigenvalue weighted by atomic mass is 10.3. The van der Waals surface area contributed by atoms with Crippen molar-refractivity contribution in [3.8, 4) is 0 Å². The van der Waals surface area contributed by atoms with Crippen LogP contribution in [0.25, 0.3) is 0 Å². The highest BCUT2D eigenvalue weighted by Crippen LogP contribution is 2.27. The first-order chi connectivity index (χ1) is 11.2. The quantitative estimate of drug-likeness (QED) is 0.711. The number of hydrogen-bond acceptors (Lipinski definition) is 7. The molecule has 0 atom stereocenters. The van der Waals surface area contributed by atoms with E-state index in [1.54, 1.807) is 0 Å². The maximum Gasteiger partial charge on any atom is 0.347 e. The number of aromatic carboxylic acids is 1. The average molecular weight is 369 g/mol. The number of carboxylic acids is 1. The van der Waals surface area contributed by atoms with Crippen LogP contribution in [0.4, 0.5) is 10.8 Å². The Balaban J connectivity index is 2.21. The molecule has 0 fully saturated rings. The lowest BCUT2D eigenvalue weighted by molar-refractivity contribution is -0.117. The lowest BCUT2D eigenvalue weighted by Gasteiger charge is -2.06. The normalized spacial score (nSPS) is 11.1. The van der Waals surface area contributed by atoms with E-state index >= 15 is 0 Å². The zero-order valence-corrected chi connectivity index (χ0v) is 14.5. The number of hydrogen-bond donors (Lipinski definition) is 3. The number of nitrogens with one attached hydrogen (secondary N) is 2. The van der Waals surface area contributed by atoms with Gasteiger partial charge in [0.2, 0.25) is 5.91 Å². The standard InChI is InChI=1S/C14H15N3O5S2/c1-3-11-12(13(19)20)23-14(16-11)15-9-4-6-10(7-5-9)24(21,22)17-8(2)18/h4-7H,3H2,1-2H3,(H,15,16)(H,17,18)(H,19,20). The molecule has 1 heterocycles. The molecule has 0 saturated carbocycles. The van der Waals surface area contributed by atoms with Gasteiger partial charge in [-0.25, -0.2) is 22.9 Å². The van der Waals surface area contributed by atoms with E-state index < -0.39 is 21.9 Å². The molecule has 128 valence electrons. The molecular formula is C14H15N3O5S2. The van der Waals surface area contributed by atoms with Crippen molar-refractivity contribution in [1.82, 2.24) is 9.71 Å². The molecule has 0 aliphatic rings. The Morgan fingerprint density at radius 2 is 1.88 bits per heavy atom. The zero-order valence-electron chi connectivity index (χ0n) is 12.9. The molecule has 1 amide bonds. The van der Waals surface area contributed by atoms with Crippen molar-refractivity contribution in [2.24, 2.45) is 0 Å². The number of sulfonamides is 1. The van der Waals surface area contributed by atoms with Gasteiger partial charge < -0.3 is 10.4 Å². The van der Waals surface area contributed by atoms with E-state index in [4.69, 9.17) is 5.11 Å². The fraction of sp³-hybridized carbons (Fsp3) is 0.214. The van der Waals surface area contributed by atoms with Gasteiger partial charge in [-0.1, -0.05) is 18.3 Å². The summed E-state index contributed by atoms with van der Waals surface area (Å²) in [5.74, 6) is -1.71. The second-order valence-electron chi connectivity index (χ2n) is 4.76. The summed E-state index contributed by atoms with van der Waals surface area (Å²) >= 11 is 1.01. The van der Waals surface area contributed by atoms with E-state index in [0.717, 1.165) is 18.3 Å². The summed E-state index contributed by atoms with van der Waals surface area (Å²) in [5, 5.41) is 12.5. The second-order valence-corrected chi connectivity index (χ2v) is 7.45. The summed E-state index contributed by atoms with van der Waals surface area (Å²) in [4.78, 5) is 26.4. The Labute approximate surface area is 142 Å². The minimum atomic E-state index is -3.88. The number of anilines is 2. The van der Waals surface area contributed by atoms with Gasteiger partial charge >= 0.3 is 5.97 Å². The van der Waals surface area contributed by atoms with Crippen LogP contribution in [0, 0.1) is 0 Å². The molecule has 0 bridgehead atoms. The van der Waals surface area contributed by atoms with Crippen LogP contribution in [-0.4, -0.2) is 30.4 Å². The van der Waals surface area contributed by atoms with Crippen molar-refractivity contribution in [2.75, 3.05) is 5.32 Å². The number of thiazole rings is 1. The Morgan fingerprint density at radius 3 is 2.33 bits per heavy atom. The highest BCUT2D eigenvalue weighted by molar-refractivity contribution is 7.90. The summed E-state index contributed by atoms with van der Waals surface area (Å²) in [6.07, 6.45) is 0.494. The van der Waals surface area contributed by atoms with E-state index in [2.05, 4.69) is 10.3 Å². The highest BCUT2D eigenvalue weighted by atomic mass is 32.2. The van der Waals surface area contributed by atoms with Gasteiger partial charge in [0, 0.05) is 12.6 Å². The number of carbonyl (C=O) groups excluding carboxylic acids is 1. The van der Waals surface area contributed by atoms with Crippen LogP contribution in [0.5, 0.6) is 0 Å². The van der Waals surface area contributed by atoms with E-state index in [9.17, 15) is 18.0 Å². The fourth-order valence-electron chi connectivity index (χ4n) is 1.90. The van der Waals surface area contributed by atoms with Crippen molar-refractivity contribution in [2.45, 2.75) is 25.2 Å². The molecule has 24 heavy (non-hydrogen) atoms. The maximum atomic E-state index is 11.8. The zero-order chi connectivity index (χ0) is 17.9. The predicted molar refractivity (Wildman–Crippen MR) is 89.2 cm³/mol. The number of carboxylic acid groups (broad SMARTS) is 1. The molecule has 0 unspecified atom stereocenters. The second kappa shape index (κ2) is 6.97. The van der Waals surface area contributed by atoms with E-state index in [0.29, 0.717) is 22.9 Å². The van der Waals surface area contributed by atoms with Gasteiger partial charge in [-0.05, 0) is 30.7 Å². The summed E-state index contributed by atoms with van der Waals surface area (Å²) in [5.41, 5.74) is 1.03. The largest absolute Gasteiger partial charge is 0.477 e. The van der Waals surface area contributed by atoms with Crippen molar-refractivity contribution in [1.29, 1.82) is 0 Å². The molecule has 3 N–H and O–H groups in total. The molecule has 0 aliphatic heterocycles. The minimum Gasteiger partial charge on any atom is -0.477 e. The Bertz CT molecular complexity index is 872. The average Bonchev–Trinajstić information content (AvgIpc) is 2.89.